The second kappa shape index (κ2) is 11.8. The highest BCUT2D eigenvalue weighted by Gasteiger charge is 2.20. The van der Waals surface area contributed by atoms with Crippen LogP contribution in [-0.2, 0) is 13.5 Å². The minimum atomic E-state index is -0.533. The average Bonchev–Trinajstić information content (AvgIpc) is 3.48. The lowest BCUT2D eigenvalue weighted by Gasteiger charge is -2.12. The molecule has 0 aliphatic carbocycles. The number of nitrogens with zero attached hydrogens (tertiary/aromatic N) is 5. The molecule has 3 aromatic carbocycles. The van der Waals surface area contributed by atoms with Crippen LogP contribution in [0.25, 0.3) is 39.1 Å². The van der Waals surface area contributed by atoms with Gasteiger partial charge in [0.2, 0.25) is 5.43 Å². The van der Waals surface area contributed by atoms with Crippen LogP contribution < -0.4 is 15.9 Å². The van der Waals surface area contributed by atoms with Gasteiger partial charge in [-0.15, -0.1) is 0 Å². The Morgan fingerprint density at radius 2 is 1.55 bits per heavy atom. The van der Waals surface area contributed by atoms with Gasteiger partial charge in [-0.3, -0.25) is 14.3 Å². The maximum atomic E-state index is 13.7. The number of pyridine rings is 1. The van der Waals surface area contributed by atoms with Crippen LogP contribution in [0.2, 0.25) is 0 Å². The third-order valence-corrected chi connectivity index (χ3v) is 7.26. The zero-order valence-corrected chi connectivity index (χ0v) is 23.9. The lowest BCUT2D eigenvalue weighted by molar-refractivity contribution is 0.0985. The number of carbonyl (C=O) groups excluding carboxylic acids is 1. The standard InChI is InChI=1S/C34H27FN6O3/c1-40-19-25(18-38-40)24-16-29(34(36)37-17-24)22-5-3-21(4-6-22)15-31(42)32-33(43)30(23-7-9-26(35)10-8-23)20-41(39-32)27-11-13-28(44-2)14-12-27/h3-14,16-20H,15H2,1-2H3,(H2,36,37). The smallest absolute Gasteiger partial charge is 0.219 e. The molecule has 6 aromatic rings. The van der Waals surface area contributed by atoms with Crippen LogP contribution in [0, 0.1) is 5.82 Å². The monoisotopic (exact) mass is 586 g/mol. The molecule has 6 rings (SSSR count). The summed E-state index contributed by atoms with van der Waals surface area (Å²) in [7, 11) is 3.41. The number of carbonyl (C=O) groups is 1. The molecule has 0 radical (unpaired) electrons. The zero-order chi connectivity index (χ0) is 30.8. The first kappa shape index (κ1) is 28.2. The number of nitrogens with two attached hydrogens (primary N) is 1. The molecule has 3 aromatic heterocycles. The maximum absolute atomic E-state index is 13.7. The number of halogens is 1. The van der Waals surface area contributed by atoms with Crippen LogP contribution in [0.15, 0.2) is 108 Å². The lowest BCUT2D eigenvalue weighted by Crippen LogP contribution is -2.24. The zero-order valence-electron chi connectivity index (χ0n) is 23.9. The Morgan fingerprint density at radius 3 is 2.20 bits per heavy atom. The van der Waals surface area contributed by atoms with Crippen molar-refractivity contribution in [3.05, 3.63) is 131 Å². The quantitative estimate of drug-likeness (QED) is 0.234. The molecule has 0 bridgehead atoms. The summed E-state index contributed by atoms with van der Waals surface area (Å²) in [5, 5.41) is 8.64. The van der Waals surface area contributed by atoms with E-state index in [1.54, 1.807) is 54.6 Å². The number of nitrogen functional groups attached to an aromatic ring is 1. The number of rotatable bonds is 8. The molecule has 0 unspecified atom stereocenters. The van der Waals surface area contributed by atoms with Gasteiger partial charge in [-0.05, 0) is 59.2 Å². The van der Waals surface area contributed by atoms with Crippen molar-refractivity contribution in [3.8, 4) is 44.8 Å². The summed E-state index contributed by atoms with van der Waals surface area (Å²) in [4.78, 5) is 31.5. The summed E-state index contributed by atoms with van der Waals surface area (Å²) in [5.74, 6) is 0.144. The summed E-state index contributed by atoms with van der Waals surface area (Å²) >= 11 is 0. The van der Waals surface area contributed by atoms with Crippen molar-refractivity contribution in [1.29, 1.82) is 0 Å². The molecule has 0 saturated carbocycles. The molecule has 2 N–H and O–H groups in total. The second-order valence-corrected chi connectivity index (χ2v) is 10.2. The molecular weight excluding hydrogens is 559 g/mol. The Hall–Kier alpha value is -5.90. The topological polar surface area (TPSA) is 118 Å². The van der Waals surface area contributed by atoms with Crippen molar-refractivity contribution in [1.82, 2.24) is 24.5 Å². The van der Waals surface area contributed by atoms with Crippen LogP contribution in [0.1, 0.15) is 16.1 Å². The van der Waals surface area contributed by atoms with Gasteiger partial charge in [-0.2, -0.15) is 10.2 Å². The van der Waals surface area contributed by atoms with E-state index in [1.165, 1.54) is 28.9 Å². The highest BCUT2D eigenvalue weighted by atomic mass is 19.1. The molecule has 0 amide bonds. The van der Waals surface area contributed by atoms with Crippen molar-refractivity contribution < 1.29 is 13.9 Å². The number of hydrogen-bond donors (Lipinski definition) is 1. The van der Waals surface area contributed by atoms with Gasteiger partial charge in [0.25, 0.3) is 0 Å². The minimum Gasteiger partial charge on any atom is -0.497 e. The molecule has 9 nitrogen and oxygen atoms in total. The normalized spacial score (nSPS) is 11.0. The fourth-order valence-electron chi connectivity index (χ4n) is 4.88. The number of ketones is 1. The van der Waals surface area contributed by atoms with Gasteiger partial charge in [0, 0.05) is 54.3 Å². The van der Waals surface area contributed by atoms with E-state index in [9.17, 15) is 14.0 Å². The Kier molecular flexibility index (Phi) is 7.55. The lowest BCUT2D eigenvalue weighted by atomic mass is 9.99. The first-order valence-corrected chi connectivity index (χ1v) is 13.7. The Morgan fingerprint density at radius 1 is 0.864 bits per heavy atom. The van der Waals surface area contributed by atoms with E-state index in [4.69, 9.17) is 10.5 Å². The fraction of sp³-hybridized carbons (Fsp3) is 0.0882. The van der Waals surface area contributed by atoms with Gasteiger partial charge in [0.15, 0.2) is 11.5 Å². The second-order valence-electron chi connectivity index (χ2n) is 10.2. The number of methoxy groups -OCH3 is 1. The average molecular weight is 587 g/mol. The van der Waals surface area contributed by atoms with Crippen LogP contribution >= 0.6 is 0 Å². The van der Waals surface area contributed by atoms with Crippen LogP contribution in [0.4, 0.5) is 10.2 Å². The van der Waals surface area contributed by atoms with E-state index < -0.39 is 17.0 Å². The minimum absolute atomic E-state index is 0.0541. The largest absolute Gasteiger partial charge is 0.497 e. The highest BCUT2D eigenvalue weighted by Crippen LogP contribution is 2.30. The summed E-state index contributed by atoms with van der Waals surface area (Å²) in [6, 6.07) is 21.9. The van der Waals surface area contributed by atoms with E-state index in [2.05, 4.69) is 15.2 Å². The highest BCUT2D eigenvalue weighted by molar-refractivity contribution is 5.96. The third kappa shape index (κ3) is 5.73. The van der Waals surface area contributed by atoms with E-state index in [0.717, 1.165) is 22.3 Å². The van der Waals surface area contributed by atoms with Crippen LogP contribution in [0.3, 0.4) is 0 Å². The summed E-state index contributed by atoms with van der Waals surface area (Å²) < 4.78 is 22.1. The molecule has 0 saturated heterocycles. The van der Waals surface area contributed by atoms with Gasteiger partial charge in [-0.1, -0.05) is 36.4 Å². The molecule has 218 valence electrons. The summed E-state index contributed by atoms with van der Waals surface area (Å²) in [5.41, 5.74) is 10.8. The number of aryl methyl sites for hydroxylation is 1. The number of aromatic nitrogens is 5. The Balaban J connectivity index is 1.32. The van der Waals surface area contributed by atoms with Crippen molar-refractivity contribution in [3.63, 3.8) is 0 Å². The Labute approximate surface area is 252 Å². The Bertz CT molecular complexity index is 2030. The van der Waals surface area contributed by atoms with Gasteiger partial charge < -0.3 is 10.5 Å². The number of ether oxygens (including phenoxy) is 1. The molecular formula is C34H27FN6O3. The van der Waals surface area contributed by atoms with Gasteiger partial charge in [0.1, 0.15) is 17.4 Å². The summed E-state index contributed by atoms with van der Waals surface area (Å²) in [6.07, 6.45) is 6.85. The van der Waals surface area contributed by atoms with Gasteiger partial charge >= 0.3 is 0 Å². The molecule has 0 aliphatic heterocycles. The SMILES string of the molecule is COc1ccc(-n2cc(-c3ccc(F)cc3)c(=O)c(C(=O)Cc3ccc(-c4cc(-c5cnn(C)c5)cnc4N)cc3)n2)cc1. The van der Waals surface area contributed by atoms with Crippen molar-refractivity contribution in [2.45, 2.75) is 6.42 Å². The van der Waals surface area contributed by atoms with Gasteiger partial charge in [0.05, 0.1) is 19.0 Å². The molecule has 0 spiro atoms. The van der Waals surface area contributed by atoms with Crippen molar-refractivity contribution >= 4 is 11.6 Å². The molecule has 10 heteroatoms. The molecule has 0 fully saturated rings. The first-order valence-electron chi connectivity index (χ1n) is 13.7. The van der Waals surface area contributed by atoms with Crippen molar-refractivity contribution in [2.75, 3.05) is 12.8 Å². The van der Waals surface area contributed by atoms with E-state index in [1.807, 2.05) is 43.6 Å². The van der Waals surface area contributed by atoms with Crippen molar-refractivity contribution in [2.24, 2.45) is 7.05 Å². The number of benzene rings is 3. The molecule has 44 heavy (non-hydrogen) atoms. The number of anilines is 1. The van der Waals surface area contributed by atoms with E-state index in [-0.39, 0.29) is 17.7 Å². The predicted molar refractivity (Wildman–Crippen MR) is 166 cm³/mol. The first-order chi connectivity index (χ1) is 21.3. The maximum Gasteiger partial charge on any atom is 0.219 e. The predicted octanol–water partition coefficient (Wildman–Crippen LogP) is 5.52. The third-order valence-electron chi connectivity index (χ3n) is 7.26. The van der Waals surface area contributed by atoms with Crippen LogP contribution in [-0.4, -0.2) is 37.4 Å². The molecule has 0 aliphatic rings. The number of hydrogen-bond acceptors (Lipinski definition) is 7. The van der Waals surface area contributed by atoms with Gasteiger partial charge in [-0.25, -0.2) is 14.1 Å². The number of Topliss-reactive ketones (excluding diaryl/α,β-unsaturated/α-hetero) is 1. The molecule has 0 atom stereocenters. The summed E-state index contributed by atoms with van der Waals surface area (Å²) in [6.45, 7) is 0. The van der Waals surface area contributed by atoms with E-state index in [0.29, 0.717) is 28.4 Å². The van der Waals surface area contributed by atoms with E-state index >= 15 is 0 Å². The molecule has 3 heterocycles. The fourth-order valence-corrected chi connectivity index (χ4v) is 4.88. The van der Waals surface area contributed by atoms with Crippen LogP contribution in [0.5, 0.6) is 5.75 Å².